The number of ether oxygens (including phenoxy) is 1. The second kappa shape index (κ2) is 4.84. The normalized spacial score (nSPS) is 11.2. The van der Waals surface area contributed by atoms with E-state index in [-0.39, 0.29) is 11.9 Å². The molecular formula is C16H13N5O2. The van der Waals surface area contributed by atoms with Gasteiger partial charge in [0.05, 0.1) is 12.7 Å². The molecule has 0 saturated heterocycles. The summed E-state index contributed by atoms with van der Waals surface area (Å²) in [5, 5.41) is 4.88. The third-order valence-corrected chi connectivity index (χ3v) is 3.76. The van der Waals surface area contributed by atoms with Crippen molar-refractivity contribution >= 4 is 28.5 Å². The molecule has 0 radical (unpaired) electrons. The monoisotopic (exact) mass is 307 g/mol. The Labute approximate surface area is 130 Å². The number of anilines is 1. The number of nitrogens with two attached hydrogens (primary N) is 1. The number of fused-ring (bicyclic) bond motifs is 2. The Kier molecular flexibility index (Phi) is 2.80. The van der Waals surface area contributed by atoms with Crippen LogP contribution < -0.4 is 5.73 Å². The molecular weight excluding hydrogens is 294 g/mol. The Morgan fingerprint density at radius 2 is 2.13 bits per heavy atom. The molecule has 0 aliphatic carbocycles. The van der Waals surface area contributed by atoms with Crippen molar-refractivity contribution in [3.05, 3.63) is 48.3 Å². The number of aromatic amines is 1. The molecule has 0 atom stereocenters. The number of rotatable bonds is 2. The van der Waals surface area contributed by atoms with E-state index in [1.807, 2.05) is 30.3 Å². The smallest absolute Gasteiger partial charge is 0.338 e. The molecule has 0 bridgehead atoms. The molecule has 4 rings (SSSR count). The minimum atomic E-state index is -0.371. The largest absolute Gasteiger partial charge is 0.465 e. The van der Waals surface area contributed by atoms with Crippen LogP contribution in [0.3, 0.4) is 0 Å². The van der Waals surface area contributed by atoms with Crippen LogP contribution in [-0.2, 0) is 4.74 Å². The summed E-state index contributed by atoms with van der Waals surface area (Å²) in [7, 11) is 1.37. The predicted octanol–water partition coefficient (Wildman–Crippen LogP) is 2.25. The lowest BCUT2D eigenvalue weighted by Crippen LogP contribution is -2.02. The lowest BCUT2D eigenvalue weighted by molar-refractivity contribution is 0.0603. The molecule has 3 heterocycles. The summed E-state index contributed by atoms with van der Waals surface area (Å²) >= 11 is 0. The number of nitrogen functional groups attached to an aromatic ring is 1. The van der Waals surface area contributed by atoms with Crippen LogP contribution in [0, 0.1) is 0 Å². The maximum absolute atomic E-state index is 12.0. The molecule has 0 aliphatic heterocycles. The number of nitrogens with zero attached hydrogens (tertiary/aromatic N) is 3. The minimum absolute atomic E-state index is 0.220. The first-order chi connectivity index (χ1) is 11.2. The Bertz CT molecular complexity index is 1050. The summed E-state index contributed by atoms with van der Waals surface area (Å²) in [6.45, 7) is 0. The van der Waals surface area contributed by atoms with Crippen molar-refractivity contribution in [3.8, 4) is 11.1 Å². The maximum Gasteiger partial charge on any atom is 0.338 e. The number of methoxy groups -OCH3 is 1. The fourth-order valence-electron chi connectivity index (χ4n) is 2.69. The molecule has 3 aromatic heterocycles. The van der Waals surface area contributed by atoms with Crippen molar-refractivity contribution in [2.75, 3.05) is 12.8 Å². The van der Waals surface area contributed by atoms with Gasteiger partial charge in [-0.2, -0.15) is 4.98 Å². The quantitative estimate of drug-likeness (QED) is 0.553. The summed E-state index contributed by atoms with van der Waals surface area (Å²) in [5.74, 6) is -0.151. The van der Waals surface area contributed by atoms with Crippen LogP contribution in [-0.4, -0.2) is 32.7 Å². The van der Waals surface area contributed by atoms with Crippen molar-refractivity contribution in [1.82, 2.24) is 19.6 Å². The lowest BCUT2D eigenvalue weighted by atomic mass is 10.0. The van der Waals surface area contributed by atoms with Gasteiger partial charge in [0.25, 0.3) is 0 Å². The van der Waals surface area contributed by atoms with Crippen molar-refractivity contribution in [2.45, 2.75) is 0 Å². The van der Waals surface area contributed by atoms with E-state index in [4.69, 9.17) is 10.5 Å². The first kappa shape index (κ1) is 13.3. The van der Waals surface area contributed by atoms with Crippen molar-refractivity contribution < 1.29 is 9.53 Å². The molecule has 0 amide bonds. The van der Waals surface area contributed by atoms with E-state index in [1.54, 1.807) is 16.9 Å². The summed E-state index contributed by atoms with van der Waals surface area (Å²) in [6.07, 6.45) is 3.58. The van der Waals surface area contributed by atoms with Gasteiger partial charge >= 0.3 is 5.97 Å². The number of aromatic nitrogens is 4. The van der Waals surface area contributed by atoms with Crippen molar-refractivity contribution in [2.24, 2.45) is 0 Å². The average Bonchev–Trinajstić information content (AvgIpc) is 3.17. The standard InChI is InChI=1S/C16H13N5O2/c1-23-15(22)12-6-10(7-13-11(12)2-4-18-13)9-3-5-21-14(8-9)19-16(17)20-21/h2-8,18H,1H3,(H2,17,20). The summed E-state index contributed by atoms with van der Waals surface area (Å²) < 4.78 is 6.49. The highest BCUT2D eigenvalue weighted by Gasteiger charge is 2.14. The van der Waals surface area contributed by atoms with E-state index >= 15 is 0 Å². The van der Waals surface area contributed by atoms with Gasteiger partial charge in [0, 0.05) is 23.3 Å². The first-order valence-corrected chi connectivity index (χ1v) is 6.97. The second-order valence-electron chi connectivity index (χ2n) is 5.14. The zero-order chi connectivity index (χ0) is 16.0. The van der Waals surface area contributed by atoms with Gasteiger partial charge in [0.2, 0.25) is 5.95 Å². The minimum Gasteiger partial charge on any atom is -0.465 e. The van der Waals surface area contributed by atoms with Gasteiger partial charge in [-0.15, -0.1) is 5.10 Å². The molecule has 7 heteroatoms. The number of nitrogens with one attached hydrogen (secondary N) is 1. The van der Waals surface area contributed by atoms with Gasteiger partial charge in [0.1, 0.15) is 0 Å². The maximum atomic E-state index is 12.0. The topological polar surface area (TPSA) is 98.3 Å². The van der Waals surface area contributed by atoms with Gasteiger partial charge in [-0.3, -0.25) is 0 Å². The number of carbonyl (C=O) groups excluding carboxylic acids is 1. The van der Waals surface area contributed by atoms with E-state index in [0.717, 1.165) is 22.0 Å². The Morgan fingerprint density at radius 3 is 2.96 bits per heavy atom. The molecule has 23 heavy (non-hydrogen) atoms. The molecule has 0 unspecified atom stereocenters. The van der Waals surface area contributed by atoms with E-state index in [0.29, 0.717) is 11.2 Å². The molecule has 0 saturated carbocycles. The summed E-state index contributed by atoms with van der Waals surface area (Å²) in [4.78, 5) is 19.3. The van der Waals surface area contributed by atoms with E-state index < -0.39 is 0 Å². The van der Waals surface area contributed by atoms with Crippen molar-refractivity contribution in [1.29, 1.82) is 0 Å². The van der Waals surface area contributed by atoms with Crippen LogP contribution >= 0.6 is 0 Å². The molecule has 114 valence electrons. The molecule has 0 aliphatic rings. The van der Waals surface area contributed by atoms with Gasteiger partial charge in [-0.05, 0) is 41.5 Å². The predicted molar refractivity (Wildman–Crippen MR) is 86.0 cm³/mol. The Balaban J connectivity index is 1.94. The Hall–Kier alpha value is -3.35. The van der Waals surface area contributed by atoms with Gasteiger partial charge < -0.3 is 15.5 Å². The van der Waals surface area contributed by atoms with Crippen LogP contribution in [0.1, 0.15) is 10.4 Å². The number of H-pyrrole nitrogens is 1. The fraction of sp³-hybridized carbons (Fsp3) is 0.0625. The van der Waals surface area contributed by atoms with Gasteiger partial charge in [0.15, 0.2) is 5.65 Å². The SMILES string of the molecule is COC(=O)c1cc(-c2ccn3nc(N)nc3c2)cc2[nH]ccc12. The van der Waals surface area contributed by atoms with Crippen LogP contribution in [0.5, 0.6) is 0 Å². The zero-order valence-electron chi connectivity index (χ0n) is 12.3. The molecule has 0 spiro atoms. The number of pyridine rings is 1. The third kappa shape index (κ3) is 2.10. The highest BCUT2D eigenvalue weighted by atomic mass is 16.5. The molecule has 4 aromatic rings. The zero-order valence-corrected chi connectivity index (χ0v) is 12.3. The lowest BCUT2D eigenvalue weighted by Gasteiger charge is -2.07. The molecule has 1 aromatic carbocycles. The number of hydrogen-bond acceptors (Lipinski definition) is 5. The van der Waals surface area contributed by atoms with Crippen LogP contribution in [0.15, 0.2) is 42.7 Å². The van der Waals surface area contributed by atoms with Crippen LogP contribution in [0.4, 0.5) is 5.95 Å². The molecule has 0 fully saturated rings. The van der Waals surface area contributed by atoms with Gasteiger partial charge in [-0.1, -0.05) is 0 Å². The summed E-state index contributed by atoms with van der Waals surface area (Å²) in [6, 6.07) is 9.41. The van der Waals surface area contributed by atoms with Crippen molar-refractivity contribution in [3.63, 3.8) is 0 Å². The molecule has 7 nitrogen and oxygen atoms in total. The number of carbonyl (C=O) groups is 1. The summed E-state index contributed by atoms with van der Waals surface area (Å²) in [5.41, 5.74) is 9.43. The van der Waals surface area contributed by atoms with Crippen LogP contribution in [0.2, 0.25) is 0 Å². The number of hydrogen-bond donors (Lipinski definition) is 2. The van der Waals surface area contributed by atoms with Gasteiger partial charge in [-0.25, -0.2) is 9.31 Å². The fourth-order valence-corrected chi connectivity index (χ4v) is 2.69. The number of esters is 1. The van der Waals surface area contributed by atoms with E-state index in [2.05, 4.69) is 15.1 Å². The third-order valence-electron chi connectivity index (χ3n) is 3.76. The average molecular weight is 307 g/mol. The van der Waals surface area contributed by atoms with E-state index in [9.17, 15) is 4.79 Å². The van der Waals surface area contributed by atoms with Crippen LogP contribution in [0.25, 0.3) is 27.7 Å². The highest BCUT2D eigenvalue weighted by molar-refractivity contribution is 6.05. The highest BCUT2D eigenvalue weighted by Crippen LogP contribution is 2.28. The van der Waals surface area contributed by atoms with E-state index in [1.165, 1.54) is 7.11 Å². The first-order valence-electron chi connectivity index (χ1n) is 6.97. The Morgan fingerprint density at radius 1 is 1.26 bits per heavy atom. The second-order valence-corrected chi connectivity index (χ2v) is 5.14. The molecule has 3 N–H and O–H groups in total. The number of benzene rings is 1.